The van der Waals surface area contributed by atoms with Crippen molar-refractivity contribution >= 4 is 33.4 Å². The van der Waals surface area contributed by atoms with Gasteiger partial charge in [-0.2, -0.15) is 11.8 Å². The lowest BCUT2D eigenvalue weighted by atomic mass is 10.2. The van der Waals surface area contributed by atoms with Crippen molar-refractivity contribution < 1.29 is 8.42 Å². The molecule has 0 radical (unpaired) electrons. The van der Waals surface area contributed by atoms with Crippen LogP contribution in [0.4, 0.5) is 0 Å². The van der Waals surface area contributed by atoms with Gasteiger partial charge >= 0.3 is 0 Å². The quantitative estimate of drug-likeness (QED) is 0.777. The third-order valence-electron chi connectivity index (χ3n) is 3.38. The number of nitrogens with one attached hydrogen (secondary N) is 1. The first-order valence-corrected chi connectivity index (χ1v) is 9.97. The molecule has 1 aromatic carbocycles. The van der Waals surface area contributed by atoms with E-state index in [0.29, 0.717) is 17.1 Å². The smallest absolute Gasteiger partial charge is 0.214 e. The molecule has 0 amide bonds. The zero-order valence-electron chi connectivity index (χ0n) is 11.3. The molecule has 1 aliphatic carbocycles. The fourth-order valence-corrected chi connectivity index (χ4v) is 5.16. The van der Waals surface area contributed by atoms with Crippen molar-refractivity contribution in [1.29, 1.82) is 0 Å². The Morgan fingerprint density at radius 3 is 2.65 bits per heavy atom. The molecule has 2 rings (SSSR count). The minimum Gasteiger partial charge on any atom is -0.214 e. The molecule has 1 aromatic rings. The van der Waals surface area contributed by atoms with Crippen LogP contribution in [0.25, 0.3) is 0 Å². The van der Waals surface area contributed by atoms with Gasteiger partial charge in [-0.25, -0.2) is 13.1 Å². The average Bonchev–Trinajstić information content (AvgIpc) is 2.90. The highest BCUT2D eigenvalue weighted by Gasteiger charge is 2.16. The molecule has 0 bridgehead atoms. The van der Waals surface area contributed by atoms with Gasteiger partial charge in [-0.1, -0.05) is 42.6 Å². The van der Waals surface area contributed by atoms with E-state index in [0.717, 1.165) is 11.0 Å². The van der Waals surface area contributed by atoms with Crippen molar-refractivity contribution in [1.82, 2.24) is 4.72 Å². The Bertz CT molecular complexity index is 528. The second-order valence-corrected chi connectivity index (χ2v) is 8.64. The Hall–Kier alpha value is -0.230. The molecule has 3 nitrogen and oxygen atoms in total. The second-order valence-electron chi connectivity index (χ2n) is 5.02. The largest absolute Gasteiger partial charge is 0.215 e. The summed E-state index contributed by atoms with van der Waals surface area (Å²) in [7, 11) is -3.30. The van der Waals surface area contributed by atoms with Gasteiger partial charge in [0.2, 0.25) is 10.0 Å². The summed E-state index contributed by atoms with van der Waals surface area (Å²) < 4.78 is 26.6. The van der Waals surface area contributed by atoms with Gasteiger partial charge in [0, 0.05) is 22.6 Å². The number of hydrogen-bond acceptors (Lipinski definition) is 3. The summed E-state index contributed by atoms with van der Waals surface area (Å²) in [6, 6.07) is 7.05. The summed E-state index contributed by atoms with van der Waals surface area (Å²) in [4.78, 5) is 0. The summed E-state index contributed by atoms with van der Waals surface area (Å²) >= 11 is 7.86. The van der Waals surface area contributed by atoms with Gasteiger partial charge in [0.1, 0.15) is 0 Å². The Morgan fingerprint density at radius 2 is 1.95 bits per heavy atom. The third-order valence-corrected chi connectivity index (χ3v) is 6.47. The molecule has 0 aliphatic heterocycles. The predicted octanol–water partition coefficient (Wildman–Crippen LogP) is 3.44. The summed E-state index contributed by atoms with van der Waals surface area (Å²) in [5, 5.41) is 1.22. The van der Waals surface area contributed by atoms with Crippen LogP contribution in [0.5, 0.6) is 0 Å². The van der Waals surface area contributed by atoms with Gasteiger partial charge in [0.25, 0.3) is 0 Å². The summed E-state index contributed by atoms with van der Waals surface area (Å²) in [5.41, 5.74) is 0.644. The van der Waals surface area contributed by atoms with Crippen LogP contribution in [0.15, 0.2) is 24.3 Å². The Labute approximate surface area is 130 Å². The highest BCUT2D eigenvalue weighted by atomic mass is 35.5. The molecule has 0 unspecified atom stereocenters. The summed E-state index contributed by atoms with van der Waals surface area (Å²) in [5.74, 6) is 0.785. The lowest BCUT2D eigenvalue weighted by Gasteiger charge is -2.10. The third kappa shape index (κ3) is 5.28. The highest BCUT2D eigenvalue weighted by molar-refractivity contribution is 8.00. The highest BCUT2D eigenvalue weighted by Crippen LogP contribution is 2.28. The zero-order chi connectivity index (χ0) is 14.4. The average molecular weight is 334 g/mol. The van der Waals surface area contributed by atoms with E-state index in [-0.39, 0.29) is 5.75 Å². The van der Waals surface area contributed by atoms with E-state index in [2.05, 4.69) is 4.72 Å². The minimum atomic E-state index is -3.30. The molecule has 1 saturated carbocycles. The summed E-state index contributed by atoms with van der Waals surface area (Å²) in [6.07, 6.45) is 5.18. The topological polar surface area (TPSA) is 46.2 Å². The normalized spacial score (nSPS) is 16.6. The van der Waals surface area contributed by atoms with Gasteiger partial charge in [-0.15, -0.1) is 0 Å². The maximum absolute atomic E-state index is 12.0. The van der Waals surface area contributed by atoms with E-state index in [1.54, 1.807) is 24.3 Å². The van der Waals surface area contributed by atoms with Crippen molar-refractivity contribution in [3.8, 4) is 0 Å². The zero-order valence-corrected chi connectivity index (χ0v) is 13.7. The molecule has 0 atom stereocenters. The molecule has 1 aliphatic rings. The van der Waals surface area contributed by atoms with Crippen LogP contribution < -0.4 is 4.72 Å². The number of thioether (sulfide) groups is 1. The summed E-state index contributed by atoms with van der Waals surface area (Å²) in [6.45, 7) is 0.494. The molecule has 0 spiro atoms. The minimum absolute atomic E-state index is 0.0548. The van der Waals surface area contributed by atoms with Crippen LogP contribution in [0.3, 0.4) is 0 Å². The molecule has 112 valence electrons. The first kappa shape index (κ1) is 16.1. The Kier molecular flexibility index (Phi) is 6.20. The van der Waals surface area contributed by atoms with E-state index in [1.165, 1.54) is 25.7 Å². The van der Waals surface area contributed by atoms with Gasteiger partial charge in [-0.05, 0) is 24.5 Å². The van der Waals surface area contributed by atoms with E-state index in [1.807, 2.05) is 11.8 Å². The van der Waals surface area contributed by atoms with Gasteiger partial charge in [0.15, 0.2) is 0 Å². The predicted molar refractivity (Wildman–Crippen MR) is 86.8 cm³/mol. The maximum atomic E-state index is 12.0. The first-order chi connectivity index (χ1) is 9.57. The van der Waals surface area contributed by atoms with Crippen molar-refractivity contribution in [3.63, 3.8) is 0 Å². The SMILES string of the molecule is O=S(=O)(Cc1ccccc1Cl)NCCSC1CCCC1. The number of rotatable bonds is 7. The first-order valence-electron chi connectivity index (χ1n) is 6.89. The standard InChI is InChI=1S/C14H20ClNO2S2/c15-14-8-4-1-5-12(14)11-20(17,18)16-9-10-19-13-6-2-3-7-13/h1,4-5,8,13,16H,2-3,6-7,9-11H2. The van der Waals surface area contributed by atoms with Crippen LogP contribution in [-0.4, -0.2) is 26.0 Å². The molecule has 0 saturated heterocycles. The van der Waals surface area contributed by atoms with E-state index in [9.17, 15) is 8.42 Å². The van der Waals surface area contributed by atoms with Crippen LogP contribution in [0.1, 0.15) is 31.2 Å². The fraction of sp³-hybridized carbons (Fsp3) is 0.571. The molecule has 1 fully saturated rings. The fourth-order valence-electron chi connectivity index (χ4n) is 2.35. The van der Waals surface area contributed by atoms with Gasteiger partial charge < -0.3 is 0 Å². The lowest BCUT2D eigenvalue weighted by Crippen LogP contribution is -2.27. The molecular formula is C14H20ClNO2S2. The van der Waals surface area contributed by atoms with Gasteiger partial charge in [0.05, 0.1) is 5.75 Å². The molecule has 1 N–H and O–H groups in total. The van der Waals surface area contributed by atoms with Gasteiger partial charge in [-0.3, -0.25) is 0 Å². The molecule has 6 heteroatoms. The maximum Gasteiger partial charge on any atom is 0.215 e. The van der Waals surface area contributed by atoms with Crippen LogP contribution in [-0.2, 0) is 15.8 Å². The van der Waals surface area contributed by atoms with Crippen LogP contribution in [0, 0.1) is 0 Å². The van der Waals surface area contributed by atoms with Crippen LogP contribution in [0.2, 0.25) is 5.02 Å². The second kappa shape index (κ2) is 7.69. The van der Waals surface area contributed by atoms with E-state index in [4.69, 9.17) is 11.6 Å². The van der Waals surface area contributed by atoms with E-state index >= 15 is 0 Å². The van der Waals surface area contributed by atoms with Crippen LogP contribution >= 0.6 is 23.4 Å². The molecule has 20 heavy (non-hydrogen) atoms. The molecular weight excluding hydrogens is 314 g/mol. The number of halogens is 1. The number of hydrogen-bond donors (Lipinski definition) is 1. The van der Waals surface area contributed by atoms with E-state index < -0.39 is 10.0 Å². The monoisotopic (exact) mass is 333 g/mol. The Morgan fingerprint density at radius 1 is 1.25 bits per heavy atom. The lowest BCUT2D eigenvalue weighted by molar-refractivity contribution is 0.583. The van der Waals surface area contributed by atoms with Crippen molar-refractivity contribution in [2.24, 2.45) is 0 Å². The number of sulfonamides is 1. The molecule has 0 aromatic heterocycles. The van der Waals surface area contributed by atoms with Crippen molar-refractivity contribution in [2.45, 2.75) is 36.7 Å². The molecule has 0 heterocycles. The number of benzene rings is 1. The Balaban J connectivity index is 1.75. The van der Waals surface area contributed by atoms with Crippen molar-refractivity contribution in [2.75, 3.05) is 12.3 Å². The van der Waals surface area contributed by atoms with Crippen molar-refractivity contribution in [3.05, 3.63) is 34.9 Å².